The molecule has 1 aromatic carbocycles. The lowest BCUT2D eigenvalue weighted by Crippen LogP contribution is -2.38. The van der Waals surface area contributed by atoms with Crippen LogP contribution >= 0.6 is 0 Å². The smallest absolute Gasteiger partial charge is 0.260 e. The first kappa shape index (κ1) is 19.3. The molecule has 4 rings (SSSR count). The second-order valence-electron chi connectivity index (χ2n) is 7.89. The van der Waals surface area contributed by atoms with Gasteiger partial charge >= 0.3 is 0 Å². The van der Waals surface area contributed by atoms with E-state index < -0.39 is 0 Å². The van der Waals surface area contributed by atoms with E-state index in [1.54, 1.807) is 24.9 Å². The van der Waals surface area contributed by atoms with Crippen molar-refractivity contribution < 1.29 is 9.53 Å². The first-order valence-electron chi connectivity index (χ1n) is 10.0. The predicted octanol–water partition coefficient (Wildman–Crippen LogP) is 3.56. The number of carbonyl (C=O) groups excluding carboxylic acids is 1. The first-order chi connectivity index (χ1) is 13.9. The largest absolute Gasteiger partial charge is 0.497 e. The quantitative estimate of drug-likeness (QED) is 0.684. The average molecular weight is 393 g/mol. The number of aromatic nitrogens is 2. The summed E-state index contributed by atoms with van der Waals surface area (Å²) in [5, 5.41) is 0.513. The molecule has 1 atom stereocenters. The van der Waals surface area contributed by atoms with Crippen LogP contribution in [0.4, 0.5) is 0 Å². The summed E-state index contributed by atoms with van der Waals surface area (Å²) in [5.74, 6) is 0.731. The second kappa shape index (κ2) is 7.43. The maximum Gasteiger partial charge on any atom is 0.260 e. The molecule has 0 radical (unpaired) electrons. The van der Waals surface area contributed by atoms with Crippen molar-refractivity contribution in [2.45, 2.75) is 32.2 Å². The Morgan fingerprint density at radius 3 is 2.48 bits per heavy atom. The van der Waals surface area contributed by atoms with Crippen molar-refractivity contribution >= 4 is 16.8 Å². The number of benzene rings is 1. The number of hydrogen-bond donors (Lipinski definition) is 0. The fraction of sp³-hybridized carbons (Fsp3) is 0.391. The van der Waals surface area contributed by atoms with Crippen LogP contribution in [0.15, 0.2) is 41.5 Å². The maximum absolute atomic E-state index is 13.6. The van der Waals surface area contributed by atoms with Gasteiger partial charge in [-0.2, -0.15) is 0 Å². The van der Waals surface area contributed by atoms with E-state index in [2.05, 4.69) is 0 Å². The van der Waals surface area contributed by atoms with Crippen molar-refractivity contribution in [1.82, 2.24) is 14.0 Å². The zero-order valence-corrected chi connectivity index (χ0v) is 17.4. The highest BCUT2D eigenvalue weighted by atomic mass is 16.5. The Bertz CT molecular complexity index is 1120. The molecule has 1 saturated heterocycles. The van der Waals surface area contributed by atoms with Crippen molar-refractivity contribution in [2.75, 3.05) is 13.7 Å². The van der Waals surface area contributed by atoms with Gasteiger partial charge in [-0.05, 0) is 49.4 Å². The van der Waals surface area contributed by atoms with Crippen molar-refractivity contribution in [3.63, 3.8) is 0 Å². The fourth-order valence-electron chi connectivity index (χ4n) is 4.57. The summed E-state index contributed by atoms with van der Waals surface area (Å²) in [6.07, 6.45) is 6.60. The number of amides is 1. The van der Waals surface area contributed by atoms with Crippen LogP contribution in [0.5, 0.6) is 5.75 Å². The van der Waals surface area contributed by atoms with Gasteiger partial charge in [0.25, 0.3) is 11.5 Å². The van der Waals surface area contributed by atoms with Crippen molar-refractivity contribution in [2.24, 2.45) is 14.1 Å². The molecule has 1 amide bonds. The highest BCUT2D eigenvalue weighted by Crippen LogP contribution is 2.34. The standard InChI is InChI=1S/C23H27N3O3/c1-15-13-25(3)23(28)20-18(14-24(2)21(15)20)22(27)26-12-6-5-7-19(26)16-8-10-17(29-4)11-9-16/h8-11,13-14,19H,5-7,12H2,1-4H3. The van der Waals surface area contributed by atoms with Gasteiger partial charge in [0, 0.05) is 33.0 Å². The lowest BCUT2D eigenvalue weighted by molar-refractivity contribution is 0.0613. The molecule has 152 valence electrons. The van der Waals surface area contributed by atoms with E-state index in [0.29, 0.717) is 17.5 Å². The number of aryl methyl sites for hydroxylation is 3. The maximum atomic E-state index is 13.6. The van der Waals surface area contributed by atoms with Crippen LogP contribution < -0.4 is 10.3 Å². The molecule has 1 aliphatic heterocycles. The molecule has 0 N–H and O–H groups in total. The normalized spacial score (nSPS) is 17.0. The van der Waals surface area contributed by atoms with Gasteiger partial charge in [0.1, 0.15) is 5.75 Å². The van der Waals surface area contributed by atoms with Gasteiger partial charge in [-0.15, -0.1) is 0 Å². The number of nitrogens with zero attached hydrogens (tertiary/aromatic N) is 3. The number of hydrogen-bond acceptors (Lipinski definition) is 3. The topological polar surface area (TPSA) is 56.5 Å². The van der Waals surface area contributed by atoms with Gasteiger partial charge in [0.05, 0.1) is 29.6 Å². The monoisotopic (exact) mass is 393 g/mol. The summed E-state index contributed by atoms with van der Waals surface area (Å²) in [7, 11) is 5.27. The Hall–Kier alpha value is -3.02. The van der Waals surface area contributed by atoms with E-state index in [9.17, 15) is 9.59 Å². The van der Waals surface area contributed by atoms with E-state index in [1.165, 1.54) is 0 Å². The van der Waals surface area contributed by atoms with E-state index in [4.69, 9.17) is 4.74 Å². The third-order valence-corrected chi connectivity index (χ3v) is 5.97. The molecule has 1 unspecified atom stereocenters. The number of pyridine rings is 1. The van der Waals surface area contributed by atoms with Crippen LogP contribution in [-0.2, 0) is 14.1 Å². The molecule has 0 saturated carbocycles. The Morgan fingerprint density at radius 2 is 1.79 bits per heavy atom. The predicted molar refractivity (Wildman–Crippen MR) is 114 cm³/mol. The number of methoxy groups -OCH3 is 1. The fourth-order valence-corrected chi connectivity index (χ4v) is 4.57. The molecule has 29 heavy (non-hydrogen) atoms. The zero-order valence-electron chi connectivity index (χ0n) is 17.4. The third-order valence-electron chi connectivity index (χ3n) is 5.97. The van der Waals surface area contributed by atoms with Gasteiger partial charge in [-0.3, -0.25) is 9.59 Å². The van der Waals surface area contributed by atoms with Crippen LogP contribution in [0.25, 0.3) is 10.9 Å². The first-order valence-corrected chi connectivity index (χ1v) is 10.0. The van der Waals surface area contributed by atoms with Crippen molar-refractivity contribution in [1.29, 1.82) is 0 Å². The van der Waals surface area contributed by atoms with E-state index in [1.807, 2.05) is 53.9 Å². The molecule has 1 aliphatic rings. The second-order valence-corrected chi connectivity index (χ2v) is 7.89. The van der Waals surface area contributed by atoms with Crippen LogP contribution in [0.3, 0.4) is 0 Å². The van der Waals surface area contributed by atoms with E-state index in [0.717, 1.165) is 41.7 Å². The summed E-state index contributed by atoms with van der Waals surface area (Å²) in [6, 6.07) is 7.93. The molecule has 1 fully saturated rings. The lowest BCUT2D eigenvalue weighted by atomic mass is 9.94. The molecule has 6 nitrogen and oxygen atoms in total. The molecule has 2 aromatic heterocycles. The number of rotatable bonds is 3. The molecule has 3 aromatic rings. The van der Waals surface area contributed by atoms with Gasteiger partial charge in [0.15, 0.2) is 0 Å². The third kappa shape index (κ3) is 3.22. The van der Waals surface area contributed by atoms with Gasteiger partial charge in [-0.25, -0.2) is 0 Å². The molecular weight excluding hydrogens is 366 g/mol. The Balaban J connectivity index is 1.79. The van der Waals surface area contributed by atoms with Crippen molar-refractivity contribution in [3.8, 4) is 5.75 Å². The van der Waals surface area contributed by atoms with Gasteiger partial charge in [0.2, 0.25) is 0 Å². The van der Waals surface area contributed by atoms with Gasteiger partial charge in [-0.1, -0.05) is 12.1 Å². The summed E-state index contributed by atoms with van der Waals surface area (Å²) in [4.78, 5) is 28.5. The molecular formula is C23H27N3O3. The molecule has 6 heteroatoms. The minimum absolute atomic E-state index is 0.00562. The molecule has 0 spiro atoms. The van der Waals surface area contributed by atoms with Crippen LogP contribution in [-0.4, -0.2) is 33.6 Å². The number of fused-ring (bicyclic) bond motifs is 1. The molecule has 3 heterocycles. The number of carbonyl (C=O) groups is 1. The number of ether oxygens (including phenoxy) is 1. The Labute approximate surface area is 170 Å². The molecule has 0 aliphatic carbocycles. The number of likely N-dealkylation sites (tertiary alicyclic amines) is 1. The minimum atomic E-state index is -0.132. The van der Waals surface area contributed by atoms with Gasteiger partial charge < -0.3 is 18.8 Å². The average Bonchev–Trinajstić information content (AvgIpc) is 3.09. The molecule has 0 bridgehead atoms. The number of piperidine rings is 1. The van der Waals surface area contributed by atoms with Crippen LogP contribution in [0.1, 0.15) is 46.8 Å². The zero-order chi connectivity index (χ0) is 20.7. The van der Waals surface area contributed by atoms with Crippen LogP contribution in [0.2, 0.25) is 0 Å². The van der Waals surface area contributed by atoms with E-state index in [-0.39, 0.29) is 17.5 Å². The Kier molecular flexibility index (Phi) is 4.94. The lowest BCUT2D eigenvalue weighted by Gasteiger charge is -2.36. The SMILES string of the molecule is COc1ccc(C2CCCCN2C(=O)c2cn(C)c3c(C)cn(C)c(=O)c23)cc1. The summed E-state index contributed by atoms with van der Waals surface area (Å²) in [5.41, 5.74) is 3.27. The summed E-state index contributed by atoms with van der Waals surface area (Å²) >= 11 is 0. The Morgan fingerprint density at radius 1 is 1.07 bits per heavy atom. The van der Waals surface area contributed by atoms with Crippen molar-refractivity contribution in [3.05, 3.63) is 63.7 Å². The highest BCUT2D eigenvalue weighted by molar-refractivity contribution is 6.07. The summed E-state index contributed by atoms with van der Waals surface area (Å²) < 4.78 is 8.72. The highest BCUT2D eigenvalue weighted by Gasteiger charge is 2.31. The minimum Gasteiger partial charge on any atom is -0.497 e. The summed E-state index contributed by atoms with van der Waals surface area (Å²) in [6.45, 7) is 2.66. The van der Waals surface area contributed by atoms with E-state index >= 15 is 0 Å². The van der Waals surface area contributed by atoms with Crippen LogP contribution in [0, 0.1) is 6.92 Å².